The molecular weight excluding hydrogens is 480 g/mol. The minimum absolute atomic E-state index is 0.0961. The number of fused-ring (bicyclic) bond motifs is 2. The number of carbonyl (C=O) groups is 1. The molecule has 2 fully saturated rings. The van der Waals surface area contributed by atoms with Crippen molar-refractivity contribution in [3.8, 4) is 0 Å². The van der Waals surface area contributed by atoms with E-state index in [-0.39, 0.29) is 53.7 Å². The number of halogens is 2. The highest BCUT2D eigenvalue weighted by molar-refractivity contribution is 6.05. The molecule has 2 aliphatic carbocycles. The van der Waals surface area contributed by atoms with E-state index < -0.39 is 17.1 Å². The second-order valence-corrected chi connectivity index (χ2v) is 11.3. The van der Waals surface area contributed by atoms with Gasteiger partial charge in [0, 0.05) is 16.8 Å². The van der Waals surface area contributed by atoms with Crippen LogP contribution in [0.5, 0.6) is 0 Å². The van der Waals surface area contributed by atoms with Crippen molar-refractivity contribution in [1.29, 1.82) is 0 Å². The van der Waals surface area contributed by atoms with Gasteiger partial charge in [0.05, 0.1) is 23.0 Å². The van der Waals surface area contributed by atoms with Crippen molar-refractivity contribution in [1.82, 2.24) is 25.3 Å². The predicted octanol–water partition coefficient (Wildman–Crippen LogP) is 3.72. The number of benzene rings is 2. The largest absolute Gasteiger partial charge is 0.389 e. The lowest BCUT2D eigenvalue weighted by Crippen LogP contribution is -2.60. The van der Waals surface area contributed by atoms with Crippen LogP contribution < -0.4 is 10.9 Å². The normalized spacial score (nSPS) is 25.3. The zero-order valence-corrected chi connectivity index (χ0v) is 20.5. The summed E-state index contributed by atoms with van der Waals surface area (Å²) in [7, 11) is 0. The number of alkyl halides is 1. The van der Waals surface area contributed by atoms with Gasteiger partial charge in [0.25, 0.3) is 11.5 Å². The van der Waals surface area contributed by atoms with Gasteiger partial charge >= 0.3 is 0 Å². The Bertz CT molecular complexity index is 1610. The molecule has 2 aliphatic rings. The SMILES string of the molecule is CC(C)(O)Cn1nc(C(=O)NC2CC3(C2)CC(F)(c2n[nH]c(=O)c4ccccc24)C3)c2ccc(F)cc21. The first-order chi connectivity index (χ1) is 17.5. The molecule has 37 heavy (non-hydrogen) atoms. The number of aromatic amines is 1. The number of H-pyrrole nitrogens is 1. The summed E-state index contributed by atoms with van der Waals surface area (Å²) < 4.78 is 31.2. The molecule has 1 spiro atoms. The number of aliphatic hydroxyl groups is 1. The van der Waals surface area contributed by atoms with Crippen LogP contribution in [-0.2, 0) is 12.2 Å². The molecule has 0 saturated heterocycles. The van der Waals surface area contributed by atoms with Crippen LogP contribution >= 0.6 is 0 Å². The maximum Gasteiger partial charge on any atom is 0.272 e. The Labute approximate surface area is 210 Å². The summed E-state index contributed by atoms with van der Waals surface area (Å²) in [6.45, 7) is 3.32. The Kier molecular flexibility index (Phi) is 5.08. The second kappa shape index (κ2) is 7.92. The van der Waals surface area contributed by atoms with Crippen molar-refractivity contribution >= 4 is 27.6 Å². The van der Waals surface area contributed by atoms with Crippen LogP contribution in [0.25, 0.3) is 21.7 Å². The number of nitrogens with one attached hydrogen (secondary N) is 2. The Morgan fingerprint density at radius 3 is 2.59 bits per heavy atom. The lowest BCUT2D eigenvalue weighted by Gasteiger charge is -2.60. The standard InChI is InChI=1S/C27H27F2N5O3/c1-25(2,37)14-34-20-9-15(28)7-8-19(20)21(33-34)24(36)30-16-10-26(11-16)12-27(29,13-26)22-17-5-3-4-6-18(17)23(35)32-31-22/h3-9,16,37H,10-14H2,1-2H3,(H,30,36)(H,32,35). The van der Waals surface area contributed by atoms with Gasteiger partial charge in [-0.3, -0.25) is 14.3 Å². The van der Waals surface area contributed by atoms with Gasteiger partial charge in [-0.25, -0.2) is 13.9 Å². The van der Waals surface area contributed by atoms with E-state index in [9.17, 15) is 19.1 Å². The van der Waals surface area contributed by atoms with Crippen LogP contribution in [0.15, 0.2) is 47.3 Å². The van der Waals surface area contributed by atoms with E-state index in [0.717, 1.165) is 0 Å². The average Bonchev–Trinajstić information content (AvgIpc) is 3.13. The van der Waals surface area contributed by atoms with Gasteiger partial charge in [0.15, 0.2) is 11.4 Å². The van der Waals surface area contributed by atoms with Crippen molar-refractivity contribution in [3.05, 3.63) is 70.0 Å². The van der Waals surface area contributed by atoms with E-state index >= 15 is 4.39 Å². The van der Waals surface area contributed by atoms with Crippen molar-refractivity contribution in [3.63, 3.8) is 0 Å². The quantitative estimate of drug-likeness (QED) is 0.381. The number of amides is 1. The molecule has 2 heterocycles. The number of hydrogen-bond donors (Lipinski definition) is 3. The smallest absolute Gasteiger partial charge is 0.272 e. The summed E-state index contributed by atoms with van der Waals surface area (Å²) >= 11 is 0. The molecule has 10 heteroatoms. The zero-order valence-electron chi connectivity index (χ0n) is 20.5. The number of hydrogen-bond acceptors (Lipinski definition) is 5. The first kappa shape index (κ1) is 23.7. The van der Waals surface area contributed by atoms with Gasteiger partial charge in [-0.05, 0) is 69.2 Å². The summed E-state index contributed by atoms with van der Waals surface area (Å²) in [5.74, 6) is -0.841. The molecule has 8 nitrogen and oxygen atoms in total. The second-order valence-electron chi connectivity index (χ2n) is 11.3. The topological polar surface area (TPSA) is 113 Å². The molecule has 3 N–H and O–H groups in total. The molecule has 4 aromatic rings. The third-order valence-corrected chi connectivity index (χ3v) is 7.59. The van der Waals surface area contributed by atoms with Crippen LogP contribution in [0.2, 0.25) is 0 Å². The van der Waals surface area contributed by atoms with E-state index in [1.165, 1.54) is 22.9 Å². The average molecular weight is 508 g/mol. The van der Waals surface area contributed by atoms with Crippen LogP contribution in [0.1, 0.15) is 55.7 Å². The predicted molar refractivity (Wildman–Crippen MR) is 133 cm³/mol. The molecule has 0 radical (unpaired) electrons. The summed E-state index contributed by atoms with van der Waals surface area (Å²) in [4.78, 5) is 25.2. The van der Waals surface area contributed by atoms with Crippen LogP contribution in [0.4, 0.5) is 8.78 Å². The number of carbonyl (C=O) groups excluding carboxylic acids is 1. The first-order valence-electron chi connectivity index (χ1n) is 12.3. The summed E-state index contributed by atoms with van der Waals surface area (Å²) in [5.41, 5.74) is -2.45. The molecule has 6 rings (SSSR count). The maximum absolute atomic E-state index is 15.9. The molecule has 0 atom stereocenters. The maximum atomic E-state index is 15.9. The monoisotopic (exact) mass is 507 g/mol. The zero-order chi connectivity index (χ0) is 26.2. The van der Waals surface area contributed by atoms with Crippen LogP contribution in [-0.4, -0.2) is 42.6 Å². The third-order valence-electron chi connectivity index (χ3n) is 7.59. The van der Waals surface area contributed by atoms with E-state index in [2.05, 4.69) is 20.6 Å². The van der Waals surface area contributed by atoms with E-state index in [1.807, 2.05) is 0 Å². The highest BCUT2D eigenvalue weighted by atomic mass is 19.1. The van der Waals surface area contributed by atoms with Gasteiger partial charge in [0.2, 0.25) is 0 Å². The number of aromatic nitrogens is 4. The van der Waals surface area contributed by atoms with Crippen molar-refractivity contribution in [2.45, 2.75) is 63.4 Å². The van der Waals surface area contributed by atoms with E-state index in [0.29, 0.717) is 34.5 Å². The van der Waals surface area contributed by atoms with Crippen molar-refractivity contribution < 1.29 is 18.7 Å². The summed E-state index contributed by atoms with van der Waals surface area (Å²) in [5, 5.41) is 25.5. The van der Waals surface area contributed by atoms with E-state index in [4.69, 9.17) is 0 Å². The van der Waals surface area contributed by atoms with Crippen molar-refractivity contribution in [2.24, 2.45) is 5.41 Å². The highest BCUT2D eigenvalue weighted by Gasteiger charge is 2.63. The molecule has 2 aromatic carbocycles. The minimum atomic E-state index is -1.63. The minimum Gasteiger partial charge on any atom is -0.389 e. The van der Waals surface area contributed by atoms with Gasteiger partial charge in [0.1, 0.15) is 11.5 Å². The molecule has 0 unspecified atom stereocenters. The molecule has 1 amide bonds. The Hall–Kier alpha value is -3.66. The molecule has 2 aromatic heterocycles. The molecule has 192 valence electrons. The summed E-state index contributed by atoms with van der Waals surface area (Å²) in [6.07, 6.45) is 1.81. The third kappa shape index (κ3) is 3.99. The molecular formula is C27H27F2N5O3. The van der Waals surface area contributed by atoms with Gasteiger partial charge < -0.3 is 10.4 Å². The molecule has 0 aliphatic heterocycles. The van der Waals surface area contributed by atoms with Gasteiger partial charge in [-0.2, -0.15) is 10.2 Å². The fraction of sp³-hybridized carbons (Fsp3) is 0.407. The number of nitrogens with zero attached hydrogens (tertiary/aromatic N) is 3. The lowest BCUT2D eigenvalue weighted by atomic mass is 9.48. The molecule has 2 saturated carbocycles. The van der Waals surface area contributed by atoms with Crippen LogP contribution in [0, 0.1) is 11.2 Å². The lowest BCUT2D eigenvalue weighted by molar-refractivity contribution is -0.132. The van der Waals surface area contributed by atoms with E-state index in [1.54, 1.807) is 38.1 Å². The Balaban J connectivity index is 1.16. The van der Waals surface area contributed by atoms with Gasteiger partial charge in [-0.15, -0.1) is 0 Å². The van der Waals surface area contributed by atoms with Crippen molar-refractivity contribution in [2.75, 3.05) is 0 Å². The molecule has 0 bridgehead atoms. The Morgan fingerprint density at radius 1 is 1.19 bits per heavy atom. The van der Waals surface area contributed by atoms with Gasteiger partial charge in [-0.1, -0.05) is 18.2 Å². The highest BCUT2D eigenvalue weighted by Crippen LogP contribution is 2.65. The summed E-state index contributed by atoms with van der Waals surface area (Å²) in [6, 6.07) is 10.8. The Morgan fingerprint density at radius 2 is 1.89 bits per heavy atom. The fourth-order valence-corrected chi connectivity index (χ4v) is 6.19. The number of rotatable bonds is 5. The van der Waals surface area contributed by atoms with Crippen LogP contribution in [0.3, 0.4) is 0 Å². The fourth-order valence-electron chi connectivity index (χ4n) is 6.19. The first-order valence-corrected chi connectivity index (χ1v) is 12.3.